The average molecular weight is 320 g/mol. The van der Waals surface area contributed by atoms with Crippen molar-refractivity contribution in [3.05, 3.63) is 40.9 Å². The highest BCUT2D eigenvalue weighted by Gasteiger charge is 2.07. The van der Waals surface area contributed by atoms with E-state index < -0.39 is 0 Å². The Hall–Kier alpha value is -1.02. The summed E-state index contributed by atoms with van der Waals surface area (Å²) >= 11 is 3.62. The Kier molecular flexibility index (Phi) is 4.87. The third-order valence-corrected chi connectivity index (χ3v) is 4.14. The molecule has 19 heavy (non-hydrogen) atoms. The van der Waals surface area contributed by atoms with Gasteiger partial charge in [-0.2, -0.15) is 0 Å². The van der Waals surface area contributed by atoms with Crippen LogP contribution in [0.15, 0.2) is 40.9 Å². The molecule has 1 atom stereocenters. The van der Waals surface area contributed by atoms with Crippen LogP contribution in [0.1, 0.15) is 33.6 Å². The van der Waals surface area contributed by atoms with Gasteiger partial charge in [-0.15, -0.1) is 0 Å². The minimum Gasteiger partial charge on any atom is -0.382 e. The Morgan fingerprint density at radius 1 is 0.947 bits per heavy atom. The van der Waals surface area contributed by atoms with Crippen molar-refractivity contribution in [2.24, 2.45) is 5.92 Å². The Morgan fingerprint density at radius 3 is 2.32 bits per heavy atom. The summed E-state index contributed by atoms with van der Waals surface area (Å²) in [6.45, 7) is 6.82. The topological polar surface area (TPSA) is 12.0 Å². The van der Waals surface area contributed by atoms with Gasteiger partial charge in [-0.05, 0) is 43.2 Å². The van der Waals surface area contributed by atoms with Gasteiger partial charge >= 0.3 is 0 Å². The van der Waals surface area contributed by atoms with Crippen LogP contribution in [0.2, 0.25) is 0 Å². The first-order valence-corrected chi connectivity index (χ1v) is 7.81. The number of halogens is 1. The number of hydrogen-bond donors (Lipinski definition) is 1. The predicted molar refractivity (Wildman–Crippen MR) is 88.8 cm³/mol. The molecule has 2 aromatic carbocycles. The number of hydrogen-bond acceptors (Lipinski definition) is 1. The molecule has 0 heterocycles. The maximum Gasteiger partial charge on any atom is 0.0422 e. The summed E-state index contributed by atoms with van der Waals surface area (Å²) in [7, 11) is 0. The average Bonchev–Trinajstić information content (AvgIpc) is 2.40. The summed E-state index contributed by atoms with van der Waals surface area (Å²) in [5.41, 5.74) is 1.23. The van der Waals surface area contributed by atoms with Gasteiger partial charge in [0.1, 0.15) is 0 Å². The van der Waals surface area contributed by atoms with Crippen molar-refractivity contribution >= 4 is 32.4 Å². The molecular weight excluding hydrogens is 298 g/mol. The summed E-state index contributed by atoms with van der Waals surface area (Å²) in [4.78, 5) is 0. The quantitative estimate of drug-likeness (QED) is 0.730. The molecule has 2 rings (SSSR count). The zero-order valence-electron chi connectivity index (χ0n) is 11.9. The molecule has 1 unspecified atom stereocenters. The second-order valence-electron chi connectivity index (χ2n) is 5.66. The Morgan fingerprint density at radius 2 is 1.63 bits per heavy atom. The van der Waals surface area contributed by atoms with Gasteiger partial charge in [0.2, 0.25) is 0 Å². The van der Waals surface area contributed by atoms with Crippen LogP contribution in [0, 0.1) is 5.92 Å². The van der Waals surface area contributed by atoms with E-state index in [9.17, 15) is 0 Å². The van der Waals surface area contributed by atoms with Crippen LogP contribution < -0.4 is 5.32 Å². The standard InChI is InChI=1S/C17H22BrN/c1-12(2)8-9-13(3)19-17-11-10-16(18)14-6-4-5-7-15(14)17/h4-7,10-13,19H,8-9H2,1-3H3. The monoisotopic (exact) mass is 319 g/mol. The first-order valence-electron chi connectivity index (χ1n) is 7.01. The SMILES string of the molecule is CC(C)CCC(C)Nc1ccc(Br)c2ccccc12. The second-order valence-corrected chi connectivity index (χ2v) is 6.51. The molecule has 0 saturated heterocycles. The zero-order chi connectivity index (χ0) is 13.8. The van der Waals surface area contributed by atoms with Gasteiger partial charge in [-0.3, -0.25) is 0 Å². The smallest absolute Gasteiger partial charge is 0.0422 e. The normalized spacial score (nSPS) is 12.9. The maximum atomic E-state index is 3.65. The second kappa shape index (κ2) is 6.42. The van der Waals surface area contributed by atoms with Crippen molar-refractivity contribution in [3.8, 4) is 0 Å². The number of nitrogens with one attached hydrogen (secondary N) is 1. The molecule has 0 aromatic heterocycles. The van der Waals surface area contributed by atoms with Crippen molar-refractivity contribution in [1.29, 1.82) is 0 Å². The molecule has 2 aromatic rings. The predicted octanol–water partition coefficient (Wildman–Crippen LogP) is 5.84. The van der Waals surface area contributed by atoms with Crippen molar-refractivity contribution in [3.63, 3.8) is 0 Å². The van der Waals surface area contributed by atoms with E-state index in [-0.39, 0.29) is 0 Å². The van der Waals surface area contributed by atoms with E-state index in [1.54, 1.807) is 0 Å². The van der Waals surface area contributed by atoms with E-state index >= 15 is 0 Å². The molecule has 0 fully saturated rings. The van der Waals surface area contributed by atoms with Crippen molar-refractivity contribution in [2.45, 2.75) is 39.7 Å². The van der Waals surface area contributed by atoms with E-state index in [0.29, 0.717) is 6.04 Å². The Balaban J connectivity index is 2.19. The molecule has 0 saturated carbocycles. The maximum absolute atomic E-state index is 3.65. The van der Waals surface area contributed by atoms with Crippen LogP contribution in [-0.4, -0.2) is 6.04 Å². The minimum absolute atomic E-state index is 0.506. The van der Waals surface area contributed by atoms with Gasteiger partial charge in [0.15, 0.2) is 0 Å². The molecule has 102 valence electrons. The van der Waals surface area contributed by atoms with Crippen LogP contribution in [-0.2, 0) is 0 Å². The molecule has 0 aliphatic rings. The van der Waals surface area contributed by atoms with E-state index in [1.807, 2.05) is 0 Å². The van der Waals surface area contributed by atoms with E-state index in [2.05, 4.69) is 78.4 Å². The first-order chi connectivity index (χ1) is 9.08. The molecule has 0 spiro atoms. The summed E-state index contributed by atoms with van der Waals surface area (Å²) in [6, 6.07) is 13.3. The molecule has 0 radical (unpaired) electrons. The van der Waals surface area contributed by atoms with Gasteiger partial charge in [-0.1, -0.05) is 54.0 Å². The third kappa shape index (κ3) is 3.73. The molecule has 1 nitrogen and oxygen atoms in total. The minimum atomic E-state index is 0.506. The molecule has 0 amide bonds. The number of rotatable bonds is 5. The van der Waals surface area contributed by atoms with Gasteiger partial charge in [0.05, 0.1) is 0 Å². The largest absolute Gasteiger partial charge is 0.382 e. The highest BCUT2D eigenvalue weighted by molar-refractivity contribution is 9.10. The first kappa shape index (κ1) is 14.4. The van der Waals surface area contributed by atoms with Crippen LogP contribution in [0.3, 0.4) is 0 Å². The highest BCUT2D eigenvalue weighted by atomic mass is 79.9. The van der Waals surface area contributed by atoms with Gasteiger partial charge in [-0.25, -0.2) is 0 Å². The lowest BCUT2D eigenvalue weighted by molar-refractivity contribution is 0.528. The number of benzene rings is 2. The summed E-state index contributed by atoms with van der Waals surface area (Å²) in [5.74, 6) is 0.769. The molecule has 0 bridgehead atoms. The lowest BCUT2D eigenvalue weighted by Crippen LogP contribution is -2.16. The fourth-order valence-corrected chi connectivity index (χ4v) is 2.79. The zero-order valence-corrected chi connectivity index (χ0v) is 13.5. The molecular formula is C17H22BrN. The Labute approximate surface area is 124 Å². The van der Waals surface area contributed by atoms with Crippen LogP contribution in [0.25, 0.3) is 10.8 Å². The molecule has 1 N–H and O–H groups in total. The van der Waals surface area contributed by atoms with Crippen molar-refractivity contribution in [1.82, 2.24) is 0 Å². The lowest BCUT2D eigenvalue weighted by Gasteiger charge is -2.18. The van der Waals surface area contributed by atoms with E-state index in [4.69, 9.17) is 0 Å². The summed E-state index contributed by atoms with van der Waals surface area (Å²) < 4.78 is 1.16. The fraction of sp³-hybridized carbons (Fsp3) is 0.412. The van der Waals surface area contributed by atoms with E-state index in [0.717, 1.165) is 10.4 Å². The number of fused-ring (bicyclic) bond motifs is 1. The van der Waals surface area contributed by atoms with Crippen molar-refractivity contribution < 1.29 is 0 Å². The Bertz CT molecular complexity index is 548. The molecule has 2 heteroatoms. The van der Waals surface area contributed by atoms with Gasteiger partial charge < -0.3 is 5.32 Å². The van der Waals surface area contributed by atoms with E-state index in [1.165, 1.54) is 29.3 Å². The van der Waals surface area contributed by atoms with Crippen molar-refractivity contribution in [2.75, 3.05) is 5.32 Å². The summed E-state index contributed by atoms with van der Waals surface area (Å²) in [5, 5.41) is 6.20. The molecule has 0 aliphatic carbocycles. The fourth-order valence-electron chi connectivity index (χ4n) is 2.31. The van der Waals surface area contributed by atoms with Crippen LogP contribution in [0.4, 0.5) is 5.69 Å². The summed E-state index contributed by atoms with van der Waals surface area (Å²) in [6.07, 6.45) is 2.48. The van der Waals surface area contributed by atoms with Crippen LogP contribution in [0.5, 0.6) is 0 Å². The lowest BCUT2D eigenvalue weighted by atomic mass is 10.0. The van der Waals surface area contributed by atoms with Gasteiger partial charge in [0.25, 0.3) is 0 Å². The molecule has 0 aliphatic heterocycles. The highest BCUT2D eigenvalue weighted by Crippen LogP contribution is 2.30. The number of anilines is 1. The third-order valence-electron chi connectivity index (χ3n) is 3.45. The van der Waals surface area contributed by atoms with Gasteiger partial charge in [0, 0.05) is 21.6 Å². The van der Waals surface area contributed by atoms with Crippen LogP contribution >= 0.6 is 15.9 Å².